The van der Waals surface area contributed by atoms with Gasteiger partial charge in [-0.2, -0.15) is 0 Å². The van der Waals surface area contributed by atoms with Gasteiger partial charge in [-0.3, -0.25) is 0 Å². The molecule has 0 fully saturated rings. The average Bonchev–Trinajstić information content (AvgIpc) is 2.39. The van der Waals surface area contributed by atoms with E-state index < -0.39 is 0 Å². The number of aryl methyl sites for hydroxylation is 1. The monoisotopic (exact) mass is 323 g/mol. The van der Waals surface area contributed by atoms with E-state index >= 15 is 0 Å². The highest BCUT2D eigenvalue weighted by molar-refractivity contribution is 9.10. The fourth-order valence-corrected chi connectivity index (χ4v) is 2.65. The number of hydrogen-bond donors (Lipinski definition) is 0. The number of hydrogen-bond acceptors (Lipinski definition) is 2. The molecule has 1 aliphatic heterocycles. The quantitative estimate of drug-likeness (QED) is 0.767. The molecule has 2 aromatic rings. The van der Waals surface area contributed by atoms with Gasteiger partial charge in [-0.25, -0.2) is 4.98 Å². The van der Waals surface area contributed by atoms with Crippen molar-refractivity contribution in [3.05, 3.63) is 57.2 Å². The Morgan fingerprint density at radius 2 is 2.06 bits per heavy atom. The summed E-state index contributed by atoms with van der Waals surface area (Å²) in [5.74, 6) is 0.740. The molecule has 0 spiro atoms. The molecule has 1 aliphatic rings. The fourth-order valence-electron chi connectivity index (χ4n) is 2.15. The molecule has 92 valence electrons. The molecular weight excluding hydrogens is 314 g/mol. The van der Waals surface area contributed by atoms with Gasteiger partial charge in [-0.05, 0) is 52.5 Å². The van der Waals surface area contributed by atoms with Gasteiger partial charge in [0.05, 0.1) is 0 Å². The van der Waals surface area contributed by atoms with Gasteiger partial charge in [0, 0.05) is 21.3 Å². The highest BCUT2D eigenvalue weighted by Gasteiger charge is 2.22. The lowest BCUT2D eigenvalue weighted by atomic mass is 9.99. The van der Waals surface area contributed by atoms with Crippen LogP contribution in [0.4, 0.5) is 0 Å². The van der Waals surface area contributed by atoms with E-state index in [9.17, 15) is 0 Å². The van der Waals surface area contributed by atoms with E-state index in [1.54, 1.807) is 6.20 Å². The maximum Gasteiger partial charge on any atom is 0.217 e. The summed E-state index contributed by atoms with van der Waals surface area (Å²) in [4.78, 5) is 4.32. The molecule has 18 heavy (non-hydrogen) atoms. The first-order valence-corrected chi connectivity index (χ1v) is 6.96. The van der Waals surface area contributed by atoms with Crippen LogP contribution in [-0.2, 0) is 6.42 Å². The Kier molecular flexibility index (Phi) is 3.27. The van der Waals surface area contributed by atoms with Crippen LogP contribution in [0.15, 0.2) is 41.0 Å². The Morgan fingerprint density at radius 3 is 2.83 bits per heavy atom. The van der Waals surface area contributed by atoms with Gasteiger partial charge in [0.2, 0.25) is 5.88 Å². The first-order valence-electron chi connectivity index (χ1n) is 5.79. The van der Waals surface area contributed by atoms with Crippen molar-refractivity contribution >= 4 is 27.5 Å². The van der Waals surface area contributed by atoms with Crippen LogP contribution in [0.2, 0.25) is 5.02 Å². The molecule has 0 radical (unpaired) electrons. The van der Waals surface area contributed by atoms with Gasteiger partial charge in [0.15, 0.2) is 0 Å². The van der Waals surface area contributed by atoms with Crippen molar-refractivity contribution in [1.29, 1.82) is 0 Å². The van der Waals surface area contributed by atoms with E-state index in [4.69, 9.17) is 16.3 Å². The molecule has 0 N–H and O–H groups in total. The fraction of sp³-hybridized carbons (Fsp3) is 0.214. The number of aromatic nitrogens is 1. The van der Waals surface area contributed by atoms with Gasteiger partial charge < -0.3 is 4.74 Å². The average molecular weight is 325 g/mol. The zero-order chi connectivity index (χ0) is 12.5. The Hall–Kier alpha value is -1.06. The zero-order valence-corrected chi connectivity index (χ0v) is 11.9. The number of benzene rings is 1. The molecular formula is C14H11BrClNO. The third kappa shape index (κ3) is 2.38. The van der Waals surface area contributed by atoms with Crippen molar-refractivity contribution in [2.24, 2.45) is 0 Å². The summed E-state index contributed by atoms with van der Waals surface area (Å²) in [6, 6.07) is 9.88. The molecule has 0 aliphatic carbocycles. The van der Waals surface area contributed by atoms with Gasteiger partial charge in [0.25, 0.3) is 0 Å². The van der Waals surface area contributed by atoms with Crippen LogP contribution in [0.5, 0.6) is 5.88 Å². The van der Waals surface area contributed by atoms with Gasteiger partial charge >= 0.3 is 0 Å². The van der Waals surface area contributed by atoms with Crippen LogP contribution in [0.25, 0.3) is 0 Å². The van der Waals surface area contributed by atoms with E-state index in [1.807, 2.05) is 24.3 Å². The summed E-state index contributed by atoms with van der Waals surface area (Å²) in [5, 5.41) is 0.747. The SMILES string of the molecule is Clc1ccc([C@H]2CCc3cc(Br)cnc3O2)cc1. The number of halogens is 2. The Bertz CT molecular complexity index is 571. The van der Waals surface area contributed by atoms with Crippen LogP contribution in [0, 0.1) is 0 Å². The second-order valence-corrected chi connectivity index (χ2v) is 5.67. The summed E-state index contributed by atoms with van der Waals surface area (Å²) in [6.07, 6.45) is 3.79. The van der Waals surface area contributed by atoms with E-state index in [1.165, 1.54) is 0 Å². The largest absolute Gasteiger partial charge is 0.469 e. The first-order chi connectivity index (χ1) is 8.72. The van der Waals surface area contributed by atoms with E-state index in [0.717, 1.165) is 39.3 Å². The van der Waals surface area contributed by atoms with Gasteiger partial charge in [-0.15, -0.1) is 0 Å². The molecule has 0 saturated carbocycles. The molecule has 2 nitrogen and oxygen atoms in total. The molecule has 1 aromatic carbocycles. The lowest BCUT2D eigenvalue weighted by Gasteiger charge is -2.25. The van der Waals surface area contributed by atoms with Crippen LogP contribution in [0.3, 0.4) is 0 Å². The molecule has 0 unspecified atom stereocenters. The summed E-state index contributed by atoms with van der Waals surface area (Å²) >= 11 is 9.32. The highest BCUT2D eigenvalue weighted by Crippen LogP contribution is 2.34. The summed E-state index contributed by atoms with van der Waals surface area (Å²) in [5.41, 5.74) is 2.31. The van der Waals surface area contributed by atoms with E-state index in [2.05, 4.69) is 27.0 Å². The molecule has 0 saturated heterocycles. The first kappa shape index (κ1) is 12.0. The maximum atomic E-state index is 5.94. The van der Waals surface area contributed by atoms with Crippen LogP contribution in [-0.4, -0.2) is 4.98 Å². The Labute approximate surface area is 119 Å². The van der Waals surface area contributed by atoms with Crippen LogP contribution >= 0.6 is 27.5 Å². The summed E-state index contributed by atoms with van der Waals surface area (Å²) < 4.78 is 6.93. The number of nitrogens with zero attached hydrogens (tertiary/aromatic N) is 1. The van der Waals surface area contributed by atoms with Crippen molar-refractivity contribution < 1.29 is 4.74 Å². The van der Waals surface area contributed by atoms with Crippen LogP contribution < -0.4 is 4.74 Å². The molecule has 4 heteroatoms. The number of pyridine rings is 1. The lowest BCUT2D eigenvalue weighted by Crippen LogP contribution is -2.16. The third-order valence-electron chi connectivity index (χ3n) is 3.06. The molecule has 1 atom stereocenters. The van der Waals surface area contributed by atoms with Gasteiger partial charge in [0.1, 0.15) is 6.10 Å². The van der Waals surface area contributed by atoms with Crippen molar-refractivity contribution in [3.8, 4) is 5.88 Å². The predicted octanol–water partition coefficient (Wildman–Crippen LogP) is 4.56. The molecule has 0 bridgehead atoms. The standard InChI is InChI=1S/C14H11BrClNO/c15-11-7-10-3-6-13(18-14(10)17-8-11)9-1-4-12(16)5-2-9/h1-2,4-5,7-8,13H,3,6H2/t13-/m1/s1. The molecule has 0 amide bonds. The second kappa shape index (κ2) is 4.90. The lowest BCUT2D eigenvalue weighted by molar-refractivity contribution is 0.168. The Morgan fingerprint density at radius 1 is 1.28 bits per heavy atom. The van der Waals surface area contributed by atoms with Crippen molar-refractivity contribution in [2.75, 3.05) is 0 Å². The minimum absolute atomic E-state index is 0.0726. The topological polar surface area (TPSA) is 22.1 Å². The zero-order valence-electron chi connectivity index (χ0n) is 9.57. The van der Waals surface area contributed by atoms with E-state index in [0.29, 0.717) is 0 Å². The molecule has 1 aromatic heterocycles. The normalized spacial score (nSPS) is 18.0. The summed E-state index contributed by atoms with van der Waals surface area (Å²) in [6.45, 7) is 0. The third-order valence-corrected chi connectivity index (χ3v) is 3.75. The predicted molar refractivity (Wildman–Crippen MR) is 75.1 cm³/mol. The highest BCUT2D eigenvalue weighted by atomic mass is 79.9. The number of fused-ring (bicyclic) bond motifs is 1. The molecule has 2 heterocycles. The van der Waals surface area contributed by atoms with E-state index in [-0.39, 0.29) is 6.10 Å². The minimum Gasteiger partial charge on any atom is -0.469 e. The van der Waals surface area contributed by atoms with Gasteiger partial charge in [-0.1, -0.05) is 23.7 Å². The van der Waals surface area contributed by atoms with Crippen molar-refractivity contribution in [3.63, 3.8) is 0 Å². The molecule has 3 rings (SSSR count). The summed E-state index contributed by atoms with van der Waals surface area (Å²) in [7, 11) is 0. The minimum atomic E-state index is 0.0726. The van der Waals surface area contributed by atoms with Crippen molar-refractivity contribution in [2.45, 2.75) is 18.9 Å². The number of ether oxygens (including phenoxy) is 1. The van der Waals surface area contributed by atoms with Crippen molar-refractivity contribution in [1.82, 2.24) is 4.98 Å². The second-order valence-electron chi connectivity index (χ2n) is 4.31. The smallest absolute Gasteiger partial charge is 0.217 e. The number of rotatable bonds is 1. The van der Waals surface area contributed by atoms with Crippen LogP contribution in [0.1, 0.15) is 23.7 Å². The Balaban J connectivity index is 1.86. The maximum absolute atomic E-state index is 5.94.